The highest BCUT2D eigenvalue weighted by Gasteiger charge is 2.33. The average molecular weight is 581 g/mol. The minimum atomic E-state index is -0.153. The van der Waals surface area contributed by atoms with Gasteiger partial charge in [-0.2, -0.15) is 0 Å². The van der Waals surface area contributed by atoms with Gasteiger partial charge in [0, 0.05) is 43.5 Å². The fourth-order valence-corrected chi connectivity index (χ4v) is 7.00. The monoisotopic (exact) mass is 579 g/mol. The number of allylic oxidation sites excluding steroid dienone is 4. The summed E-state index contributed by atoms with van der Waals surface area (Å²) in [5.74, 6) is 0. The van der Waals surface area contributed by atoms with Crippen LogP contribution in [0.4, 0.5) is 0 Å². The molecule has 0 N–H and O–H groups in total. The van der Waals surface area contributed by atoms with Gasteiger partial charge >= 0.3 is 0 Å². The third kappa shape index (κ3) is 3.41. The van der Waals surface area contributed by atoms with Crippen molar-refractivity contribution in [1.29, 1.82) is 0 Å². The molecule has 0 saturated heterocycles. The molecule has 2 nitrogen and oxygen atoms in total. The Hall–Kier alpha value is -4.34. The predicted octanol–water partition coefficient (Wildman–Crippen LogP) is 10.5. The number of benzene rings is 5. The summed E-state index contributed by atoms with van der Waals surface area (Å²) in [4.78, 5) is 0.219. The first-order chi connectivity index (χ1) is 19.6. The van der Waals surface area contributed by atoms with Gasteiger partial charge in [0.2, 0.25) is 0 Å². The van der Waals surface area contributed by atoms with Crippen LogP contribution in [0.15, 0.2) is 138 Å². The summed E-state index contributed by atoms with van der Waals surface area (Å²) in [5.41, 5.74) is 8.90. The highest BCUT2D eigenvalue weighted by Crippen LogP contribution is 2.43. The van der Waals surface area contributed by atoms with Crippen molar-refractivity contribution < 1.29 is 4.42 Å². The Morgan fingerprint density at radius 2 is 1.40 bits per heavy atom. The van der Waals surface area contributed by atoms with Gasteiger partial charge in [-0.3, -0.25) is 0 Å². The molecule has 0 bridgehead atoms. The molecule has 5 aromatic carbocycles. The van der Waals surface area contributed by atoms with Crippen molar-refractivity contribution in [3.63, 3.8) is 0 Å². The molecule has 0 fully saturated rings. The Kier molecular flexibility index (Phi) is 5.20. The van der Waals surface area contributed by atoms with Crippen molar-refractivity contribution >= 4 is 59.7 Å². The van der Waals surface area contributed by atoms with E-state index in [4.69, 9.17) is 4.42 Å². The smallest absolute Gasteiger partial charge is 0.137 e. The number of hydrogen-bond donors (Lipinski definition) is 0. The van der Waals surface area contributed by atoms with E-state index >= 15 is 0 Å². The van der Waals surface area contributed by atoms with Crippen LogP contribution >= 0.6 is 15.9 Å². The zero-order chi connectivity index (χ0) is 26.8. The van der Waals surface area contributed by atoms with E-state index in [2.05, 4.69) is 149 Å². The molecule has 0 radical (unpaired) electrons. The number of nitrogens with zero attached hydrogens (tertiary/aromatic N) is 1. The highest BCUT2D eigenvalue weighted by atomic mass is 79.9. The summed E-state index contributed by atoms with van der Waals surface area (Å²) < 4.78 is 8.66. The molecule has 2 aromatic heterocycles. The molecule has 2 unspecified atom stereocenters. The molecule has 0 saturated carbocycles. The van der Waals surface area contributed by atoms with Crippen LogP contribution in [0, 0.1) is 0 Å². The highest BCUT2D eigenvalue weighted by molar-refractivity contribution is 9.09. The fourth-order valence-electron chi connectivity index (χ4n) is 6.42. The number of fused-ring (bicyclic) bond motifs is 6. The molecule has 2 heterocycles. The van der Waals surface area contributed by atoms with Gasteiger partial charge in [-0.1, -0.05) is 120 Å². The molecule has 192 valence electrons. The molecule has 2 atom stereocenters. The molecule has 40 heavy (non-hydrogen) atoms. The zero-order valence-corrected chi connectivity index (χ0v) is 23.6. The lowest BCUT2D eigenvalue weighted by Gasteiger charge is -2.34. The average Bonchev–Trinajstić information content (AvgIpc) is 3.53. The van der Waals surface area contributed by atoms with Crippen molar-refractivity contribution in [2.75, 3.05) is 0 Å². The molecular formula is C37H26BrNO. The van der Waals surface area contributed by atoms with E-state index in [1.165, 1.54) is 38.5 Å². The van der Waals surface area contributed by atoms with Crippen molar-refractivity contribution in [2.24, 2.45) is 0 Å². The van der Waals surface area contributed by atoms with Gasteiger partial charge in [0.05, 0.1) is 11.0 Å². The van der Waals surface area contributed by atoms with Crippen LogP contribution in [0.1, 0.15) is 12.5 Å². The van der Waals surface area contributed by atoms with Crippen LogP contribution in [0.25, 0.3) is 60.6 Å². The van der Waals surface area contributed by atoms with Crippen LogP contribution in [0.5, 0.6) is 0 Å². The largest absolute Gasteiger partial charge is 0.456 e. The summed E-state index contributed by atoms with van der Waals surface area (Å²) in [7, 11) is 0. The van der Waals surface area contributed by atoms with Crippen LogP contribution in [0.2, 0.25) is 0 Å². The topological polar surface area (TPSA) is 18.1 Å². The molecule has 8 rings (SSSR count). The van der Waals surface area contributed by atoms with Crippen LogP contribution in [-0.2, 0) is 5.41 Å². The third-order valence-electron chi connectivity index (χ3n) is 8.52. The van der Waals surface area contributed by atoms with E-state index in [1.807, 2.05) is 12.1 Å². The summed E-state index contributed by atoms with van der Waals surface area (Å²) in [5, 5.41) is 4.78. The normalized spacial score (nSPS) is 18.9. The molecule has 1 aliphatic carbocycles. The fraction of sp³-hybridized carbons (Fsp3) is 0.0811. The SMILES string of the molecule is CC1(c2ccccc2-c2ccc3c4ccccc4n(-c4ccc5c(c4)oc4ccccc45)c3c2)C=CC=CC1Br. The van der Waals surface area contributed by atoms with E-state index < -0.39 is 0 Å². The Morgan fingerprint density at radius 3 is 2.30 bits per heavy atom. The van der Waals surface area contributed by atoms with E-state index in [0.717, 1.165) is 27.6 Å². The van der Waals surface area contributed by atoms with E-state index in [9.17, 15) is 0 Å². The van der Waals surface area contributed by atoms with Crippen molar-refractivity contribution in [1.82, 2.24) is 4.57 Å². The molecule has 1 aliphatic rings. The number of rotatable bonds is 3. The predicted molar refractivity (Wildman–Crippen MR) is 172 cm³/mol. The number of alkyl halides is 1. The third-order valence-corrected chi connectivity index (χ3v) is 9.78. The Labute approximate surface area is 241 Å². The lowest BCUT2D eigenvalue weighted by Crippen LogP contribution is -2.31. The molecule has 7 aromatic rings. The van der Waals surface area contributed by atoms with E-state index in [1.54, 1.807) is 0 Å². The number of halogens is 1. The van der Waals surface area contributed by atoms with Gasteiger partial charge in [-0.15, -0.1) is 0 Å². The number of aromatic nitrogens is 1. The Balaban J connectivity index is 1.38. The minimum Gasteiger partial charge on any atom is -0.456 e. The molecule has 0 amide bonds. The van der Waals surface area contributed by atoms with Gasteiger partial charge in [0.15, 0.2) is 0 Å². The number of furan rings is 1. The molecular weight excluding hydrogens is 554 g/mol. The molecule has 0 aliphatic heterocycles. The van der Waals surface area contributed by atoms with Crippen molar-refractivity contribution in [3.8, 4) is 16.8 Å². The van der Waals surface area contributed by atoms with Crippen LogP contribution in [-0.4, -0.2) is 9.39 Å². The quantitative estimate of drug-likeness (QED) is 0.190. The maximum atomic E-state index is 6.28. The first-order valence-corrected chi connectivity index (χ1v) is 14.6. The first kappa shape index (κ1) is 23.5. The van der Waals surface area contributed by atoms with Gasteiger partial charge in [0.25, 0.3) is 0 Å². The maximum absolute atomic E-state index is 6.28. The molecule has 0 spiro atoms. The standard InChI is InChI=1S/C37H26BrNO/c1-37(21-9-8-16-36(37)38)31-13-5-2-10-26(31)24-17-19-28-27-11-3-6-14-32(27)39(33(28)22-24)25-18-20-30-29-12-4-7-15-34(29)40-35(30)23-25/h2-23,36H,1H3. The maximum Gasteiger partial charge on any atom is 0.137 e. The van der Waals surface area contributed by atoms with Crippen molar-refractivity contribution in [2.45, 2.75) is 17.2 Å². The van der Waals surface area contributed by atoms with Crippen LogP contribution in [0.3, 0.4) is 0 Å². The van der Waals surface area contributed by atoms with E-state index in [-0.39, 0.29) is 10.2 Å². The second kappa shape index (κ2) is 8.84. The number of hydrogen-bond acceptors (Lipinski definition) is 1. The van der Waals surface area contributed by atoms with Gasteiger partial charge in [0.1, 0.15) is 11.2 Å². The summed E-state index contributed by atoms with van der Waals surface area (Å²) in [6.45, 7) is 2.31. The summed E-state index contributed by atoms with van der Waals surface area (Å²) in [6, 6.07) is 39.2. The Bertz CT molecular complexity index is 2160. The summed E-state index contributed by atoms with van der Waals surface area (Å²) in [6.07, 6.45) is 8.81. The van der Waals surface area contributed by atoms with Crippen LogP contribution < -0.4 is 0 Å². The number of para-hydroxylation sites is 2. The Morgan fingerprint density at radius 1 is 0.675 bits per heavy atom. The second-order valence-corrected chi connectivity index (χ2v) is 11.8. The minimum absolute atomic E-state index is 0.153. The van der Waals surface area contributed by atoms with Crippen molar-refractivity contribution in [3.05, 3.63) is 139 Å². The first-order valence-electron chi connectivity index (χ1n) is 13.7. The lowest BCUT2D eigenvalue weighted by atomic mass is 9.74. The van der Waals surface area contributed by atoms with Gasteiger partial charge in [-0.25, -0.2) is 0 Å². The van der Waals surface area contributed by atoms with E-state index in [0.29, 0.717) is 0 Å². The second-order valence-electron chi connectivity index (χ2n) is 10.8. The molecule has 3 heteroatoms. The van der Waals surface area contributed by atoms with Gasteiger partial charge < -0.3 is 8.98 Å². The zero-order valence-electron chi connectivity index (χ0n) is 22.0. The summed E-state index contributed by atoms with van der Waals surface area (Å²) >= 11 is 3.94. The van der Waals surface area contributed by atoms with Gasteiger partial charge in [-0.05, 0) is 47.0 Å². The lowest BCUT2D eigenvalue weighted by molar-refractivity contribution is 0.622.